The molecular weight excluding hydrogens is 225 g/mol. The largest absolute Gasteiger partial charge is 0.326 e. The van der Waals surface area contributed by atoms with Crippen LogP contribution in [0.5, 0.6) is 0 Å². The number of rotatable bonds is 2. The number of pyridine rings is 1. The molecule has 0 aliphatic rings. The number of nitro groups is 1. The summed E-state index contributed by atoms with van der Waals surface area (Å²) in [5.74, 6) is -1.70. The monoisotopic (exact) mass is 226 g/mol. The Morgan fingerprint density at radius 1 is 1.57 bits per heavy atom. The summed E-state index contributed by atoms with van der Waals surface area (Å²) in [4.78, 5) is 12.0. The smallest absolute Gasteiger partial charge is 0.258 e. The molecule has 0 fully saturated rings. The van der Waals surface area contributed by atoms with Gasteiger partial charge in [0.15, 0.2) is 0 Å². The van der Waals surface area contributed by atoms with Gasteiger partial charge >= 0.3 is 5.69 Å². The molecule has 1 aromatic heterocycles. The highest BCUT2D eigenvalue weighted by Gasteiger charge is 2.27. The molecule has 0 atom stereocenters. The third-order valence-corrected chi connectivity index (χ3v) is 1.64. The van der Waals surface area contributed by atoms with Crippen molar-refractivity contribution < 1.29 is 18.1 Å². The zero-order chi connectivity index (χ0) is 10.9. The van der Waals surface area contributed by atoms with E-state index in [1.54, 1.807) is 0 Å². The summed E-state index contributed by atoms with van der Waals surface area (Å²) < 4.78 is 37.0. The Morgan fingerprint density at radius 3 is 2.57 bits per heavy atom. The molecule has 0 saturated heterocycles. The van der Waals surface area contributed by atoms with Gasteiger partial charge in [-0.2, -0.15) is 4.39 Å². The standard InChI is InChI=1S/C6H2ClF3N2O2/c7-2-1-11-4(6(9)10)3(8)5(2)12(13)14/h1,6H. The second-order valence-electron chi connectivity index (χ2n) is 2.21. The van der Waals surface area contributed by atoms with Gasteiger partial charge in [-0.05, 0) is 0 Å². The van der Waals surface area contributed by atoms with Crippen LogP contribution < -0.4 is 0 Å². The summed E-state index contributed by atoms with van der Waals surface area (Å²) in [7, 11) is 0. The molecule has 8 heteroatoms. The Morgan fingerprint density at radius 2 is 2.14 bits per heavy atom. The quantitative estimate of drug-likeness (QED) is 0.575. The lowest BCUT2D eigenvalue weighted by atomic mass is 10.3. The summed E-state index contributed by atoms with van der Waals surface area (Å²) in [6.07, 6.45) is -2.60. The Hall–Kier alpha value is -1.37. The van der Waals surface area contributed by atoms with Crippen LogP contribution in [-0.4, -0.2) is 9.91 Å². The molecule has 4 nitrogen and oxygen atoms in total. The van der Waals surface area contributed by atoms with Gasteiger partial charge in [0.05, 0.1) is 11.1 Å². The predicted molar refractivity (Wildman–Crippen MR) is 40.8 cm³/mol. The zero-order valence-electron chi connectivity index (χ0n) is 6.38. The first-order chi connectivity index (χ1) is 6.45. The fourth-order valence-corrected chi connectivity index (χ4v) is 0.990. The molecule has 0 aromatic carbocycles. The molecule has 1 rings (SSSR count). The van der Waals surface area contributed by atoms with Crippen LogP contribution in [0.25, 0.3) is 0 Å². The average Bonchev–Trinajstić information content (AvgIpc) is 2.02. The van der Waals surface area contributed by atoms with Gasteiger partial charge < -0.3 is 0 Å². The Bertz CT molecular complexity index is 386. The first-order valence-electron chi connectivity index (χ1n) is 3.21. The van der Waals surface area contributed by atoms with Crippen LogP contribution in [0.3, 0.4) is 0 Å². The molecule has 0 amide bonds. The number of hydrogen-bond acceptors (Lipinski definition) is 3. The van der Waals surface area contributed by atoms with Crippen LogP contribution >= 0.6 is 11.6 Å². The SMILES string of the molecule is O=[N+]([O-])c1c(Cl)cnc(C(F)F)c1F. The molecule has 0 aliphatic heterocycles. The summed E-state index contributed by atoms with van der Waals surface area (Å²) in [5, 5.41) is 9.61. The highest BCUT2D eigenvalue weighted by molar-refractivity contribution is 6.32. The van der Waals surface area contributed by atoms with Crippen molar-refractivity contribution in [2.24, 2.45) is 0 Å². The summed E-state index contributed by atoms with van der Waals surface area (Å²) >= 11 is 5.21. The average molecular weight is 227 g/mol. The molecule has 1 heterocycles. The van der Waals surface area contributed by atoms with Crippen LogP contribution in [0.2, 0.25) is 5.02 Å². The second kappa shape index (κ2) is 3.79. The second-order valence-corrected chi connectivity index (χ2v) is 2.62. The maximum Gasteiger partial charge on any atom is 0.326 e. The zero-order valence-corrected chi connectivity index (χ0v) is 7.13. The maximum atomic E-state index is 13.0. The van der Waals surface area contributed by atoms with E-state index in [4.69, 9.17) is 11.6 Å². The van der Waals surface area contributed by atoms with Crippen molar-refractivity contribution in [2.75, 3.05) is 0 Å². The van der Waals surface area contributed by atoms with E-state index in [0.29, 0.717) is 6.20 Å². The molecule has 0 saturated carbocycles. The topological polar surface area (TPSA) is 56.0 Å². The van der Waals surface area contributed by atoms with Crippen LogP contribution in [0.15, 0.2) is 6.20 Å². The molecule has 0 aliphatic carbocycles. The molecule has 0 radical (unpaired) electrons. The summed E-state index contributed by atoms with van der Waals surface area (Å²) in [6, 6.07) is 0. The van der Waals surface area contributed by atoms with Gasteiger partial charge in [0.1, 0.15) is 10.7 Å². The number of aromatic nitrogens is 1. The summed E-state index contributed by atoms with van der Waals surface area (Å²) in [5.41, 5.74) is -2.46. The minimum Gasteiger partial charge on any atom is -0.258 e. The fourth-order valence-electron chi connectivity index (χ4n) is 0.790. The Balaban J connectivity index is 3.41. The van der Waals surface area contributed by atoms with Gasteiger partial charge in [0.25, 0.3) is 6.43 Å². The summed E-state index contributed by atoms with van der Waals surface area (Å²) in [6.45, 7) is 0. The van der Waals surface area contributed by atoms with Crippen molar-refractivity contribution in [3.63, 3.8) is 0 Å². The third-order valence-electron chi connectivity index (χ3n) is 1.37. The van der Waals surface area contributed by atoms with Gasteiger partial charge in [0.2, 0.25) is 5.82 Å². The van der Waals surface area contributed by atoms with Crippen LogP contribution in [0.1, 0.15) is 12.1 Å². The molecule has 0 bridgehead atoms. The van der Waals surface area contributed by atoms with Crippen molar-refractivity contribution in [3.05, 3.63) is 32.8 Å². The van der Waals surface area contributed by atoms with Crippen LogP contribution in [-0.2, 0) is 0 Å². The predicted octanol–water partition coefficient (Wildman–Crippen LogP) is 2.72. The number of alkyl halides is 2. The van der Waals surface area contributed by atoms with Crippen molar-refractivity contribution in [1.82, 2.24) is 4.98 Å². The third kappa shape index (κ3) is 1.77. The lowest BCUT2D eigenvalue weighted by molar-refractivity contribution is -0.387. The highest BCUT2D eigenvalue weighted by atomic mass is 35.5. The van der Waals surface area contributed by atoms with Gasteiger partial charge in [-0.15, -0.1) is 0 Å². The molecule has 14 heavy (non-hydrogen) atoms. The van der Waals surface area contributed by atoms with Crippen LogP contribution in [0, 0.1) is 15.9 Å². The number of hydrogen-bond donors (Lipinski definition) is 0. The molecule has 1 aromatic rings. The van der Waals surface area contributed by atoms with Gasteiger partial charge in [-0.25, -0.2) is 8.78 Å². The lowest BCUT2D eigenvalue weighted by Crippen LogP contribution is -2.01. The minimum absolute atomic E-state index is 0.614. The molecule has 0 unspecified atom stereocenters. The Labute approximate surface area is 80.5 Å². The van der Waals surface area contributed by atoms with E-state index in [0.717, 1.165) is 0 Å². The van der Waals surface area contributed by atoms with Gasteiger partial charge in [-0.3, -0.25) is 15.1 Å². The van der Waals surface area contributed by atoms with E-state index < -0.39 is 33.6 Å². The molecule has 0 spiro atoms. The number of halogens is 4. The van der Waals surface area contributed by atoms with E-state index in [-0.39, 0.29) is 0 Å². The van der Waals surface area contributed by atoms with Crippen molar-refractivity contribution in [1.29, 1.82) is 0 Å². The van der Waals surface area contributed by atoms with Crippen LogP contribution in [0.4, 0.5) is 18.9 Å². The van der Waals surface area contributed by atoms with E-state index >= 15 is 0 Å². The first kappa shape index (κ1) is 10.7. The van der Waals surface area contributed by atoms with E-state index in [2.05, 4.69) is 4.98 Å². The van der Waals surface area contributed by atoms with Gasteiger partial charge in [0, 0.05) is 0 Å². The fraction of sp³-hybridized carbons (Fsp3) is 0.167. The molecule has 76 valence electrons. The number of nitrogens with zero attached hydrogens (tertiary/aromatic N) is 2. The molecular formula is C6H2ClF3N2O2. The van der Waals surface area contributed by atoms with Crippen molar-refractivity contribution >= 4 is 17.3 Å². The molecule has 0 N–H and O–H groups in total. The van der Waals surface area contributed by atoms with Crippen molar-refractivity contribution in [2.45, 2.75) is 6.43 Å². The first-order valence-corrected chi connectivity index (χ1v) is 3.59. The maximum absolute atomic E-state index is 13.0. The van der Waals surface area contributed by atoms with E-state index in [9.17, 15) is 23.3 Å². The van der Waals surface area contributed by atoms with Gasteiger partial charge in [-0.1, -0.05) is 11.6 Å². The Kier molecular flexibility index (Phi) is 2.90. The normalized spacial score (nSPS) is 10.6. The highest BCUT2D eigenvalue weighted by Crippen LogP contribution is 2.31. The van der Waals surface area contributed by atoms with Crippen molar-refractivity contribution in [3.8, 4) is 0 Å². The van der Waals surface area contributed by atoms with E-state index in [1.807, 2.05) is 0 Å². The minimum atomic E-state index is -3.22. The van der Waals surface area contributed by atoms with E-state index in [1.165, 1.54) is 0 Å². The lowest BCUT2D eigenvalue weighted by Gasteiger charge is -2.01.